The van der Waals surface area contributed by atoms with Crippen LogP contribution in [0.25, 0.3) is 11.0 Å². The SMILES string of the molecule is COc1ccc(C(C)(C)C)cc1/N=C/c1nc2ccccc2n1C. The number of hydrogen-bond donors (Lipinski definition) is 0. The molecule has 0 radical (unpaired) electrons. The summed E-state index contributed by atoms with van der Waals surface area (Å²) in [4.78, 5) is 9.27. The number of nitrogens with zero attached hydrogens (tertiary/aromatic N) is 3. The first-order valence-electron chi connectivity index (χ1n) is 8.04. The Labute approximate surface area is 142 Å². The van der Waals surface area contributed by atoms with Crippen LogP contribution in [0, 0.1) is 0 Å². The van der Waals surface area contributed by atoms with Crippen molar-refractivity contribution < 1.29 is 4.74 Å². The smallest absolute Gasteiger partial charge is 0.152 e. The Kier molecular flexibility index (Phi) is 4.14. The number of methoxy groups -OCH3 is 1. The van der Waals surface area contributed by atoms with Crippen molar-refractivity contribution in [1.29, 1.82) is 0 Å². The first kappa shape index (κ1) is 16.2. The second-order valence-corrected chi connectivity index (χ2v) is 6.91. The molecule has 1 heterocycles. The lowest BCUT2D eigenvalue weighted by molar-refractivity contribution is 0.415. The Hall–Kier alpha value is -2.62. The van der Waals surface area contributed by atoms with Gasteiger partial charge < -0.3 is 9.30 Å². The molecular weight excluding hydrogens is 298 g/mol. The van der Waals surface area contributed by atoms with Crippen molar-refractivity contribution in [3.05, 3.63) is 53.9 Å². The molecule has 0 unspecified atom stereocenters. The molecule has 0 amide bonds. The lowest BCUT2D eigenvalue weighted by atomic mass is 9.87. The summed E-state index contributed by atoms with van der Waals surface area (Å²) in [5, 5.41) is 0. The fourth-order valence-corrected chi connectivity index (χ4v) is 2.66. The number of ether oxygens (including phenoxy) is 1. The highest BCUT2D eigenvalue weighted by molar-refractivity contribution is 5.86. The molecule has 0 bridgehead atoms. The van der Waals surface area contributed by atoms with E-state index in [1.165, 1.54) is 5.56 Å². The zero-order valence-corrected chi connectivity index (χ0v) is 14.9. The van der Waals surface area contributed by atoms with E-state index in [2.05, 4.69) is 48.9 Å². The van der Waals surface area contributed by atoms with E-state index < -0.39 is 0 Å². The molecule has 0 N–H and O–H groups in total. The number of aromatic nitrogens is 2. The summed E-state index contributed by atoms with van der Waals surface area (Å²) in [6.07, 6.45) is 1.80. The van der Waals surface area contributed by atoms with Crippen molar-refractivity contribution in [1.82, 2.24) is 9.55 Å². The van der Waals surface area contributed by atoms with Crippen LogP contribution in [0.15, 0.2) is 47.5 Å². The number of para-hydroxylation sites is 2. The molecule has 0 aliphatic carbocycles. The molecule has 3 rings (SSSR count). The van der Waals surface area contributed by atoms with Gasteiger partial charge in [-0.3, -0.25) is 0 Å². The van der Waals surface area contributed by atoms with Crippen LogP contribution in [0.3, 0.4) is 0 Å². The van der Waals surface area contributed by atoms with Gasteiger partial charge in [-0.15, -0.1) is 0 Å². The van der Waals surface area contributed by atoms with Gasteiger partial charge in [-0.05, 0) is 35.2 Å². The monoisotopic (exact) mass is 321 g/mol. The summed E-state index contributed by atoms with van der Waals surface area (Å²) < 4.78 is 7.49. The van der Waals surface area contributed by atoms with Crippen molar-refractivity contribution in [3.63, 3.8) is 0 Å². The minimum absolute atomic E-state index is 0.0639. The summed E-state index contributed by atoms with van der Waals surface area (Å²) in [5.41, 5.74) is 4.16. The lowest BCUT2D eigenvalue weighted by Gasteiger charge is -2.20. The zero-order valence-electron chi connectivity index (χ0n) is 14.9. The molecule has 124 valence electrons. The molecule has 0 atom stereocenters. The van der Waals surface area contributed by atoms with Gasteiger partial charge in [0.05, 0.1) is 24.4 Å². The van der Waals surface area contributed by atoms with Gasteiger partial charge in [-0.2, -0.15) is 0 Å². The molecule has 4 nitrogen and oxygen atoms in total. The molecule has 0 saturated heterocycles. The molecule has 0 fully saturated rings. The molecule has 24 heavy (non-hydrogen) atoms. The van der Waals surface area contributed by atoms with Gasteiger partial charge in [0.25, 0.3) is 0 Å². The van der Waals surface area contributed by atoms with Crippen LogP contribution >= 0.6 is 0 Å². The van der Waals surface area contributed by atoms with E-state index in [0.717, 1.165) is 28.3 Å². The Bertz CT molecular complexity index is 901. The third-order valence-corrected chi connectivity index (χ3v) is 4.19. The van der Waals surface area contributed by atoms with Gasteiger partial charge >= 0.3 is 0 Å². The topological polar surface area (TPSA) is 39.4 Å². The number of imidazole rings is 1. The van der Waals surface area contributed by atoms with E-state index >= 15 is 0 Å². The average molecular weight is 321 g/mol. The van der Waals surface area contributed by atoms with Gasteiger partial charge in [0.1, 0.15) is 11.4 Å². The zero-order chi connectivity index (χ0) is 17.3. The number of aryl methyl sites for hydroxylation is 1. The number of rotatable bonds is 3. The van der Waals surface area contributed by atoms with E-state index in [0.29, 0.717) is 0 Å². The van der Waals surface area contributed by atoms with Crippen LogP contribution in [0.2, 0.25) is 0 Å². The third-order valence-electron chi connectivity index (χ3n) is 4.19. The van der Waals surface area contributed by atoms with Crippen LogP contribution in [-0.2, 0) is 12.5 Å². The van der Waals surface area contributed by atoms with Crippen molar-refractivity contribution in [2.24, 2.45) is 12.0 Å². The van der Waals surface area contributed by atoms with E-state index in [1.807, 2.05) is 35.9 Å². The average Bonchev–Trinajstić information content (AvgIpc) is 2.88. The largest absolute Gasteiger partial charge is 0.494 e. The molecule has 0 saturated carbocycles. The van der Waals surface area contributed by atoms with Gasteiger partial charge in [0.15, 0.2) is 5.82 Å². The van der Waals surface area contributed by atoms with Crippen LogP contribution < -0.4 is 4.74 Å². The van der Waals surface area contributed by atoms with Crippen LogP contribution in [0.5, 0.6) is 5.75 Å². The minimum Gasteiger partial charge on any atom is -0.494 e. The Morgan fingerprint density at radius 1 is 1.12 bits per heavy atom. The Balaban J connectivity index is 2.02. The summed E-state index contributed by atoms with van der Waals surface area (Å²) in [6, 6.07) is 14.2. The maximum atomic E-state index is 5.45. The predicted molar refractivity (Wildman–Crippen MR) is 99.7 cm³/mol. The molecular formula is C20H23N3O. The van der Waals surface area contributed by atoms with Gasteiger partial charge in [-0.1, -0.05) is 39.0 Å². The van der Waals surface area contributed by atoms with E-state index in [1.54, 1.807) is 13.3 Å². The third kappa shape index (κ3) is 3.04. The van der Waals surface area contributed by atoms with Gasteiger partial charge in [0.2, 0.25) is 0 Å². The normalized spacial score (nSPS) is 12.2. The Morgan fingerprint density at radius 3 is 2.54 bits per heavy atom. The lowest BCUT2D eigenvalue weighted by Crippen LogP contribution is -2.10. The first-order chi connectivity index (χ1) is 11.4. The fraction of sp³-hybridized carbons (Fsp3) is 0.300. The fourth-order valence-electron chi connectivity index (χ4n) is 2.66. The van der Waals surface area contributed by atoms with Crippen molar-refractivity contribution >= 4 is 22.9 Å². The van der Waals surface area contributed by atoms with Crippen molar-refractivity contribution in [3.8, 4) is 5.75 Å². The molecule has 0 aliphatic heterocycles. The second-order valence-electron chi connectivity index (χ2n) is 6.91. The summed E-state index contributed by atoms with van der Waals surface area (Å²) >= 11 is 0. The highest BCUT2D eigenvalue weighted by atomic mass is 16.5. The molecule has 3 aromatic rings. The molecule has 0 spiro atoms. The second kappa shape index (κ2) is 6.11. The molecule has 2 aromatic carbocycles. The van der Waals surface area contributed by atoms with Crippen molar-refractivity contribution in [2.75, 3.05) is 7.11 Å². The quantitative estimate of drug-likeness (QED) is 0.660. The van der Waals surface area contributed by atoms with E-state index in [9.17, 15) is 0 Å². The first-order valence-corrected chi connectivity index (χ1v) is 8.04. The number of aliphatic imine (C=N–C) groups is 1. The molecule has 1 aromatic heterocycles. The predicted octanol–water partition coefficient (Wildman–Crippen LogP) is 4.63. The van der Waals surface area contributed by atoms with Gasteiger partial charge in [-0.25, -0.2) is 9.98 Å². The van der Waals surface area contributed by atoms with Crippen LogP contribution in [0.1, 0.15) is 32.2 Å². The maximum absolute atomic E-state index is 5.45. The Morgan fingerprint density at radius 2 is 1.88 bits per heavy atom. The maximum Gasteiger partial charge on any atom is 0.152 e. The summed E-state index contributed by atoms with van der Waals surface area (Å²) in [7, 11) is 3.67. The van der Waals surface area contributed by atoms with E-state index in [4.69, 9.17) is 4.74 Å². The minimum atomic E-state index is 0.0639. The van der Waals surface area contributed by atoms with Crippen molar-refractivity contribution in [2.45, 2.75) is 26.2 Å². The van der Waals surface area contributed by atoms with Crippen LogP contribution in [0.4, 0.5) is 5.69 Å². The highest BCUT2D eigenvalue weighted by Gasteiger charge is 2.15. The van der Waals surface area contributed by atoms with Gasteiger partial charge in [0, 0.05) is 7.05 Å². The number of fused-ring (bicyclic) bond motifs is 1. The highest BCUT2D eigenvalue weighted by Crippen LogP contribution is 2.33. The molecule has 4 heteroatoms. The number of hydrogen-bond acceptors (Lipinski definition) is 3. The summed E-state index contributed by atoms with van der Waals surface area (Å²) in [5.74, 6) is 1.58. The number of benzene rings is 2. The standard InChI is InChI=1S/C20H23N3O/c1-20(2,3)14-10-11-18(24-5)16(12-14)21-13-19-22-15-8-6-7-9-17(15)23(19)4/h6-13H,1-5H3/b21-13+. The van der Waals surface area contributed by atoms with Crippen LogP contribution in [-0.4, -0.2) is 22.9 Å². The summed E-state index contributed by atoms with van der Waals surface area (Å²) in [6.45, 7) is 6.56. The van der Waals surface area contributed by atoms with E-state index in [-0.39, 0.29) is 5.41 Å². The molecule has 0 aliphatic rings.